The molecule has 30 heavy (non-hydrogen) atoms. The fourth-order valence-corrected chi connectivity index (χ4v) is 4.01. The molecule has 0 atom stereocenters. The van der Waals surface area contributed by atoms with E-state index in [0.717, 1.165) is 65.4 Å². The molecular formula is C22H34N4O4. The Morgan fingerprint density at radius 1 is 0.667 bits per heavy atom. The van der Waals surface area contributed by atoms with Crippen LogP contribution in [0.5, 0.6) is 0 Å². The standard InChI is InChI=1S/C22H34N4O4/c1-29-17-21(27)25-11-7-23(8-12-25)15-19-3-5-20(6-4-19)16-24-9-13-26(14-10-24)22(28)18-30-2/h3-6H,7-18H2,1-2H3. The Hall–Kier alpha value is -2.00. The van der Waals surface area contributed by atoms with Gasteiger partial charge < -0.3 is 19.3 Å². The second kappa shape index (κ2) is 11.4. The Kier molecular flexibility index (Phi) is 8.62. The highest BCUT2D eigenvalue weighted by Crippen LogP contribution is 2.13. The summed E-state index contributed by atoms with van der Waals surface area (Å²) >= 11 is 0. The van der Waals surface area contributed by atoms with Gasteiger partial charge in [-0.1, -0.05) is 24.3 Å². The predicted octanol–water partition coefficient (Wildman–Crippen LogP) is 0.268. The molecule has 2 amide bonds. The molecule has 0 spiro atoms. The second-order valence-electron chi connectivity index (χ2n) is 8.00. The van der Waals surface area contributed by atoms with Gasteiger partial charge >= 0.3 is 0 Å². The van der Waals surface area contributed by atoms with Crippen molar-refractivity contribution in [1.82, 2.24) is 19.6 Å². The molecule has 1 aromatic carbocycles. The molecule has 2 aliphatic heterocycles. The average molecular weight is 419 g/mol. The lowest BCUT2D eigenvalue weighted by Gasteiger charge is -2.35. The number of benzene rings is 1. The van der Waals surface area contributed by atoms with Crippen molar-refractivity contribution in [1.29, 1.82) is 0 Å². The molecule has 1 aromatic rings. The number of ether oxygens (including phenoxy) is 2. The summed E-state index contributed by atoms with van der Waals surface area (Å²) in [6.07, 6.45) is 0. The molecule has 2 fully saturated rings. The maximum Gasteiger partial charge on any atom is 0.248 e. The fraction of sp³-hybridized carbons (Fsp3) is 0.636. The first-order chi connectivity index (χ1) is 14.6. The van der Waals surface area contributed by atoms with Crippen molar-refractivity contribution in [3.8, 4) is 0 Å². The van der Waals surface area contributed by atoms with Gasteiger partial charge in [-0.25, -0.2) is 0 Å². The van der Waals surface area contributed by atoms with Crippen molar-refractivity contribution in [2.45, 2.75) is 13.1 Å². The zero-order chi connectivity index (χ0) is 21.3. The SMILES string of the molecule is COCC(=O)N1CCN(Cc2ccc(CN3CCN(C(=O)COC)CC3)cc2)CC1. The minimum Gasteiger partial charge on any atom is -0.375 e. The number of hydrogen-bond donors (Lipinski definition) is 0. The molecule has 0 radical (unpaired) electrons. The number of carbonyl (C=O) groups is 2. The van der Waals surface area contributed by atoms with E-state index in [1.54, 1.807) is 14.2 Å². The fourth-order valence-electron chi connectivity index (χ4n) is 4.01. The second-order valence-corrected chi connectivity index (χ2v) is 8.00. The van der Waals surface area contributed by atoms with E-state index in [-0.39, 0.29) is 25.0 Å². The van der Waals surface area contributed by atoms with Crippen LogP contribution in [0.25, 0.3) is 0 Å². The molecule has 3 rings (SSSR count). The zero-order valence-electron chi connectivity index (χ0n) is 18.2. The first-order valence-corrected chi connectivity index (χ1v) is 10.6. The molecule has 2 aliphatic rings. The van der Waals surface area contributed by atoms with Gasteiger partial charge in [0.1, 0.15) is 13.2 Å². The van der Waals surface area contributed by atoms with E-state index >= 15 is 0 Å². The van der Waals surface area contributed by atoms with Crippen molar-refractivity contribution in [3.05, 3.63) is 35.4 Å². The van der Waals surface area contributed by atoms with Crippen LogP contribution in [-0.2, 0) is 32.2 Å². The van der Waals surface area contributed by atoms with Crippen LogP contribution in [0.1, 0.15) is 11.1 Å². The Labute approximate surface area is 179 Å². The van der Waals surface area contributed by atoms with Gasteiger partial charge in [0.15, 0.2) is 0 Å². The van der Waals surface area contributed by atoms with Crippen molar-refractivity contribution < 1.29 is 19.1 Å². The number of piperazine rings is 2. The summed E-state index contributed by atoms with van der Waals surface area (Å²) in [7, 11) is 3.11. The number of hydrogen-bond acceptors (Lipinski definition) is 6. The lowest BCUT2D eigenvalue weighted by atomic mass is 10.1. The maximum atomic E-state index is 11.9. The quantitative estimate of drug-likeness (QED) is 0.604. The number of rotatable bonds is 8. The molecular weight excluding hydrogens is 384 g/mol. The van der Waals surface area contributed by atoms with Gasteiger partial charge in [0.05, 0.1) is 0 Å². The highest BCUT2D eigenvalue weighted by molar-refractivity contribution is 5.77. The topological polar surface area (TPSA) is 65.6 Å². The van der Waals surface area contributed by atoms with E-state index < -0.39 is 0 Å². The van der Waals surface area contributed by atoms with Crippen molar-refractivity contribution in [2.24, 2.45) is 0 Å². The summed E-state index contributed by atoms with van der Waals surface area (Å²) in [6.45, 7) is 8.77. The molecule has 0 aromatic heterocycles. The third-order valence-corrected chi connectivity index (χ3v) is 5.82. The van der Waals surface area contributed by atoms with Gasteiger partial charge in [-0.05, 0) is 11.1 Å². The Bertz CT molecular complexity index is 622. The van der Waals surface area contributed by atoms with Gasteiger partial charge in [-0.3, -0.25) is 19.4 Å². The van der Waals surface area contributed by atoms with E-state index in [0.29, 0.717) is 0 Å². The van der Waals surface area contributed by atoms with Crippen molar-refractivity contribution >= 4 is 11.8 Å². The van der Waals surface area contributed by atoms with Crippen LogP contribution in [-0.4, -0.2) is 111 Å². The summed E-state index contributed by atoms with van der Waals surface area (Å²) in [5.74, 6) is 0.149. The summed E-state index contributed by atoms with van der Waals surface area (Å²) in [4.78, 5) is 32.3. The summed E-state index contributed by atoms with van der Waals surface area (Å²) in [5, 5.41) is 0. The average Bonchev–Trinajstić information content (AvgIpc) is 2.76. The summed E-state index contributed by atoms with van der Waals surface area (Å²) < 4.78 is 9.88. The van der Waals surface area contributed by atoms with Crippen LogP contribution in [0.4, 0.5) is 0 Å². The van der Waals surface area contributed by atoms with Crippen LogP contribution < -0.4 is 0 Å². The summed E-state index contributed by atoms with van der Waals surface area (Å²) in [6, 6.07) is 8.82. The molecule has 0 saturated carbocycles. The largest absolute Gasteiger partial charge is 0.375 e. The maximum absolute atomic E-state index is 11.9. The molecule has 2 heterocycles. The van der Waals surface area contributed by atoms with E-state index in [1.165, 1.54) is 11.1 Å². The van der Waals surface area contributed by atoms with E-state index in [9.17, 15) is 9.59 Å². The number of amides is 2. The van der Waals surface area contributed by atoms with Crippen LogP contribution >= 0.6 is 0 Å². The first-order valence-electron chi connectivity index (χ1n) is 10.6. The molecule has 0 bridgehead atoms. The van der Waals surface area contributed by atoms with Crippen LogP contribution in [0.3, 0.4) is 0 Å². The van der Waals surface area contributed by atoms with Crippen LogP contribution in [0.2, 0.25) is 0 Å². The molecule has 0 unspecified atom stereocenters. The monoisotopic (exact) mass is 418 g/mol. The number of nitrogens with zero attached hydrogens (tertiary/aromatic N) is 4. The van der Waals surface area contributed by atoms with Gasteiger partial charge in [0.25, 0.3) is 0 Å². The normalized spacial score (nSPS) is 18.6. The van der Waals surface area contributed by atoms with Crippen LogP contribution in [0.15, 0.2) is 24.3 Å². The highest BCUT2D eigenvalue weighted by atomic mass is 16.5. The van der Waals surface area contributed by atoms with E-state index in [2.05, 4.69) is 34.1 Å². The molecule has 0 N–H and O–H groups in total. The third-order valence-electron chi connectivity index (χ3n) is 5.82. The minimum atomic E-state index is 0.0744. The Balaban J connectivity index is 1.40. The molecule has 0 aliphatic carbocycles. The Morgan fingerprint density at radius 2 is 1.00 bits per heavy atom. The molecule has 8 nitrogen and oxygen atoms in total. The first kappa shape index (κ1) is 22.7. The minimum absolute atomic E-state index is 0.0744. The molecule has 166 valence electrons. The van der Waals surface area contributed by atoms with Gasteiger partial charge in [0.2, 0.25) is 11.8 Å². The summed E-state index contributed by atoms with van der Waals surface area (Å²) in [5.41, 5.74) is 2.59. The van der Waals surface area contributed by atoms with E-state index in [4.69, 9.17) is 9.47 Å². The Morgan fingerprint density at radius 3 is 1.30 bits per heavy atom. The molecule has 8 heteroatoms. The van der Waals surface area contributed by atoms with E-state index in [1.807, 2.05) is 9.80 Å². The van der Waals surface area contributed by atoms with Crippen molar-refractivity contribution in [3.63, 3.8) is 0 Å². The predicted molar refractivity (Wildman–Crippen MR) is 114 cm³/mol. The lowest BCUT2D eigenvalue weighted by Crippen LogP contribution is -2.49. The van der Waals surface area contributed by atoms with Gasteiger partial charge in [-0.15, -0.1) is 0 Å². The number of methoxy groups -OCH3 is 2. The van der Waals surface area contributed by atoms with Crippen molar-refractivity contribution in [2.75, 3.05) is 79.8 Å². The van der Waals surface area contributed by atoms with Gasteiger partial charge in [0, 0.05) is 79.7 Å². The third kappa shape index (κ3) is 6.50. The van der Waals surface area contributed by atoms with Gasteiger partial charge in [-0.2, -0.15) is 0 Å². The highest BCUT2D eigenvalue weighted by Gasteiger charge is 2.22. The smallest absolute Gasteiger partial charge is 0.248 e. The lowest BCUT2D eigenvalue weighted by molar-refractivity contribution is -0.137. The zero-order valence-corrected chi connectivity index (χ0v) is 18.2. The molecule has 2 saturated heterocycles. The number of carbonyl (C=O) groups excluding carboxylic acids is 2. The van der Waals surface area contributed by atoms with Crippen LogP contribution in [0, 0.1) is 0 Å².